The summed E-state index contributed by atoms with van der Waals surface area (Å²) in [4.78, 5) is 163. The van der Waals surface area contributed by atoms with Crippen LogP contribution < -0.4 is 68.4 Å². The van der Waals surface area contributed by atoms with E-state index < -0.39 is 229 Å². The van der Waals surface area contributed by atoms with Crippen LogP contribution in [0.3, 0.4) is 0 Å². The number of ether oxygens (including phenoxy) is 3. The van der Waals surface area contributed by atoms with E-state index in [1.165, 1.54) is 66.0 Å². The van der Waals surface area contributed by atoms with Gasteiger partial charge in [-0.2, -0.15) is 0 Å². The Bertz CT molecular complexity index is 3660. The van der Waals surface area contributed by atoms with Crippen molar-refractivity contribution < 1.29 is 123 Å². The van der Waals surface area contributed by atoms with Gasteiger partial charge < -0.3 is 124 Å². The molecule has 2 aromatic rings. The number of phenolic OH excluding ortho intramolecular Hbond substituents is 2. The quantitative estimate of drug-likeness (QED) is 0.0523. The number of β-amino-alcohol motifs (C(OH)–C–C–N with tert-alkyl or cyclic N) is 1. The number of nitrogens with one attached hydrogen (secondary N) is 10. The molecule has 4 heterocycles. The highest BCUT2D eigenvalue weighted by atomic mass is 16.7. The van der Waals surface area contributed by atoms with Crippen LogP contribution in [0.1, 0.15) is 98.5 Å². The van der Waals surface area contributed by atoms with E-state index in [1.54, 1.807) is 19.9 Å². The molecule has 1 fully saturated rings. The van der Waals surface area contributed by atoms with Crippen LogP contribution in [0.4, 0.5) is 5.69 Å². The number of fused-ring (bicyclic) bond motifs is 14. The summed E-state index contributed by atoms with van der Waals surface area (Å²) in [6.45, 7) is 13.2. The third kappa shape index (κ3) is 21.6. The molecule has 1 saturated heterocycles. The van der Waals surface area contributed by atoms with Crippen molar-refractivity contribution in [3.8, 4) is 23.0 Å². The second kappa shape index (κ2) is 38.0. The van der Waals surface area contributed by atoms with Gasteiger partial charge in [-0.3, -0.25) is 57.5 Å². The lowest BCUT2D eigenvalue weighted by molar-refractivity contribution is -0.144. The molecule has 36 heteroatoms. The second-order valence-electron chi connectivity index (χ2n) is 27.3. The number of hydrogen-bond acceptors (Lipinski definition) is 26. The van der Waals surface area contributed by atoms with Crippen molar-refractivity contribution in [3.63, 3.8) is 0 Å². The molecule has 12 unspecified atom stereocenters. The van der Waals surface area contributed by atoms with E-state index in [4.69, 9.17) is 19.9 Å². The van der Waals surface area contributed by atoms with Gasteiger partial charge in [0.05, 0.1) is 66.9 Å². The van der Waals surface area contributed by atoms with Gasteiger partial charge in [-0.1, -0.05) is 66.7 Å². The number of amides is 10. The number of aromatic hydroxyl groups is 2. The van der Waals surface area contributed by atoms with Gasteiger partial charge in [-0.05, 0) is 57.4 Å². The summed E-state index contributed by atoms with van der Waals surface area (Å²) in [6, 6.07) is -8.02. The van der Waals surface area contributed by atoms with Gasteiger partial charge in [0.1, 0.15) is 53.6 Å². The number of phenols is 2. The van der Waals surface area contributed by atoms with Gasteiger partial charge >= 0.3 is 5.79 Å². The fourth-order valence-electron chi connectivity index (χ4n) is 11.9. The number of ketones is 2. The Morgan fingerprint density at radius 3 is 2.01 bits per heavy atom. The Labute approximate surface area is 605 Å². The number of aliphatic hydroxyl groups excluding tert-OH is 8. The van der Waals surface area contributed by atoms with Gasteiger partial charge in [0, 0.05) is 85.8 Å². The van der Waals surface area contributed by atoms with Gasteiger partial charge in [-0.25, -0.2) is 0 Å². The van der Waals surface area contributed by atoms with Crippen molar-refractivity contribution in [2.24, 2.45) is 53.1 Å². The average molecular weight is 1480 g/mol. The molecule has 10 amide bonds. The minimum absolute atomic E-state index is 0.0424. The molecule has 2 aromatic carbocycles. The zero-order valence-electron chi connectivity index (χ0n) is 60.5. The standard InChI is InChI=1S/C69H101N11O25/c1-28(2)39-20-43(84)42(26-82)78-65(99)41(76-46(86)24-75-66(100)44(85)23-74-67(101)51(37(11)83)79-68(102)52(80-64(39)98)57(92)58(93)61(70)95)22-73-63(97)36(10)71-17-18-72-47(87)27-103-45-21-40-56(91)49-48(45)50-59(35(9)55(49)90)105-69(12,60(50)94)104-19-16-38(25-81)32(6)31(5)33(7)54(89)34(8)53(88)29(3)14-13-15-30(4)62(96)77-40/h13-16,19,21,28-29,31-34,36-39,41-42,44,51-54,57-58,71,81-83,85,88-93H,17-18,20,22-27H2,1-12H3,(H2,70,95)(H,72,87)(H,73,97)(H,74,101)(H,75,100)(H,76,86)(H,77,96)(H,78,99)(H,79,102)(H,80,98)/b14-13+,19-16+,30-15-/t29-,31+,32-,33-,34?,36?,37?,38+,39?,41?,42?,44?,51?,52?,53?,54-,57?,58?,69-/m0/s1. The van der Waals surface area contributed by atoms with Crippen LogP contribution in [-0.2, 0) is 57.5 Å². The smallest absolute Gasteiger partial charge is 0.312 e. The highest BCUT2D eigenvalue weighted by Crippen LogP contribution is 2.54. The summed E-state index contributed by atoms with van der Waals surface area (Å²) in [5, 5.41) is 132. The van der Waals surface area contributed by atoms with Crippen LogP contribution in [0.25, 0.3) is 10.8 Å². The third-order valence-corrected chi connectivity index (χ3v) is 19.3. The number of aliphatic hydroxyl groups is 8. The molecule has 4 aliphatic rings. The van der Waals surface area contributed by atoms with Crippen molar-refractivity contribution >= 4 is 87.1 Å². The molecule has 0 aliphatic carbocycles. The number of carbonyl (C=O) groups is 12. The van der Waals surface area contributed by atoms with Gasteiger partial charge in [-0.15, -0.1) is 0 Å². The minimum atomic E-state index is -2.53. The van der Waals surface area contributed by atoms with Crippen LogP contribution in [0.15, 0.2) is 42.2 Å². The summed E-state index contributed by atoms with van der Waals surface area (Å²) in [5.74, 6) is -22.4. The predicted octanol–water partition coefficient (Wildman–Crippen LogP) is -4.71. The summed E-state index contributed by atoms with van der Waals surface area (Å²) in [7, 11) is 0. The first-order valence-electron chi connectivity index (χ1n) is 34.2. The Morgan fingerprint density at radius 2 is 1.39 bits per heavy atom. The van der Waals surface area contributed by atoms with Crippen LogP contribution in [0, 0.1) is 54.3 Å². The predicted molar refractivity (Wildman–Crippen MR) is 372 cm³/mol. The summed E-state index contributed by atoms with van der Waals surface area (Å²) < 4.78 is 18.2. The molecule has 5 bridgehead atoms. The summed E-state index contributed by atoms with van der Waals surface area (Å²) in [5.41, 5.74) is 4.60. The minimum Gasteiger partial charge on any atom is -0.507 e. The van der Waals surface area contributed by atoms with Crippen molar-refractivity contribution in [1.29, 1.82) is 0 Å². The lowest BCUT2D eigenvalue weighted by atomic mass is 9.72. The number of carbonyl (C=O) groups excluding carboxylic acids is 12. The lowest BCUT2D eigenvalue weighted by Gasteiger charge is -2.37. The molecule has 4 aliphatic heterocycles. The molecular weight excluding hydrogens is 1380 g/mol. The fraction of sp³-hybridized carbons (Fsp3) is 0.594. The number of anilines is 1. The number of benzene rings is 2. The maximum Gasteiger partial charge on any atom is 0.312 e. The number of Topliss-reactive ketones (excluding diaryl/α,β-unsaturated/α-hetero) is 2. The number of hydrogen-bond donors (Lipinski definition) is 21. The molecule has 0 aromatic heterocycles. The lowest BCUT2D eigenvalue weighted by Crippen LogP contribution is -2.63. The molecule has 0 radical (unpaired) electrons. The normalized spacial score (nSPS) is 29.9. The maximum atomic E-state index is 14.7. The van der Waals surface area contributed by atoms with Crippen LogP contribution in [-0.4, -0.2) is 247 Å². The molecule has 22 N–H and O–H groups in total. The van der Waals surface area contributed by atoms with Crippen molar-refractivity contribution in [2.75, 3.05) is 57.9 Å². The van der Waals surface area contributed by atoms with Gasteiger partial charge in [0.15, 0.2) is 24.2 Å². The molecule has 19 atom stereocenters. The van der Waals surface area contributed by atoms with E-state index in [1.807, 2.05) is 26.1 Å². The first-order valence-corrected chi connectivity index (χ1v) is 34.2. The highest BCUT2D eigenvalue weighted by Gasteiger charge is 2.50. The number of rotatable bonds is 17. The van der Waals surface area contributed by atoms with E-state index in [9.17, 15) is 109 Å². The monoisotopic (exact) mass is 1480 g/mol. The first-order chi connectivity index (χ1) is 49.1. The molecule has 105 heavy (non-hydrogen) atoms. The van der Waals surface area contributed by atoms with Crippen LogP contribution >= 0.6 is 0 Å². The molecule has 36 nitrogen and oxygen atoms in total. The third-order valence-electron chi connectivity index (χ3n) is 19.3. The number of nitrogens with two attached hydrogens (primary N) is 1. The molecule has 0 spiro atoms. The Kier molecular flexibility index (Phi) is 31.2. The first kappa shape index (κ1) is 86.2. The molecular formula is C69H101N11O25. The van der Waals surface area contributed by atoms with E-state index >= 15 is 0 Å². The summed E-state index contributed by atoms with van der Waals surface area (Å²) >= 11 is 0. The molecule has 6 rings (SSSR count). The fourth-order valence-corrected chi connectivity index (χ4v) is 11.9. The van der Waals surface area contributed by atoms with Crippen LogP contribution in [0.2, 0.25) is 0 Å². The van der Waals surface area contributed by atoms with E-state index in [2.05, 4.69) is 47.9 Å². The van der Waals surface area contributed by atoms with Gasteiger partial charge in [0.2, 0.25) is 41.4 Å². The Balaban J connectivity index is 1.36. The maximum absolute atomic E-state index is 14.7. The second-order valence-corrected chi connectivity index (χ2v) is 27.3. The average Bonchev–Trinajstić information content (AvgIpc) is 1.60. The largest absolute Gasteiger partial charge is 0.507 e. The Hall–Kier alpha value is -9.40. The SMILES string of the molecule is C/C1=C/C=C/[C@H](C)C(O)C(C)[C@@H](O)[C@@H](C)[C@H](C)[C@H](C)[C@@H](CO)/C=C/O[C@@]2(C)Oc3c(C)c(O)c4c(O)c(cc(OCC(=O)NCCNC(C)C(=O)NCC5NC(=O)CNC(=O)C(O)CNC(=O)C(C(C)O)NC(=O)C(C(O)C(O)C(N)=O)NC(=O)C(C(C)C)CC(=O)C(CO)NC5=O)c4c3C2=O)NC1=O. The van der Waals surface area contributed by atoms with Gasteiger partial charge in [0.25, 0.3) is 23.5 Å². The van der Waals surface area contributed by atoms with Crippen molar-refractivity contribution in [2.45, 2.75) is 162 Å². The topological polar surface area (TPSA) is 581 Å². The summed E-state index contributed by atoms with van der Waals surface area (Å²) in [6.07, 6.45) is -4.43. The van der Waals surface area contributed by atoms with Crippen LogP contribution in [0.5, 0.6) is 23.0 Å². The zero-order chi connectivity index (χ0) is 79.0. The van der Waals surface area contributed by atoms with E-state index in [-0.39, 0.29) is 76.7 Å². The zero-order valence-corrected chi connectivity index (χ0v) is 60.5. The number of allylic oxidation sites excluding steroid dienone is 2. The highest BCUT2D eigenvalue weighted by molar-refractivity contribution is 6.21. The molecule has 0 saturated carbocycles. The van der Waals surface area contributed by atoms with E-state index in [0.717, 1.165) is 13.0 Å². The van der Waals surface area contributed by atoms with E-state index in [0.29, 0.717) is 0 Å². The number of primary amides is 1. The van der Waals surface area contributed by atoms with Crippen molar-refractivity contribution in [1.82, 2.24) is 47.9 Å². The Morgan fingerprint density at radius 1 is 0.733 bits per heavy atom. The van der Waals surface area contributed by atoms with Crippen molar-refractivity contribution in [3.05, 3.63) is 53.3 Å². The molecule has 582 valence electrons.